The van der Waals surface area contributed by atoms with Crippen LogP contribution in [0.3, 0.4) is 0 Å². The third-order valence-corrected chi connectivity index (χ3v) is 3.30. The Morgan fingerprint density at radius 2 is 2.18 bits per heavy atom. The van der Waals surface area contributed by atoms with Crippen LogP contribution in [-0.4, -0.2) is 33.1 Å². The van der Waals surface area contributed by atoms with E-state index in [4.69, 9.17) is 14.2 Å². The Morgan fingerprint density at radius 3 is 3.00 bits per heavy atom. The number of hydrogen-bond acceptors (Lipinski definition) is 4. The third kappa shape index (κ3) is 2.17. The lowest BCUT2D eigenvalue weighted by atomic mass is 10.2. The van der Waals surface area contributed by atoms with E-state index in [-0.39, 0.29) is 0 Å². The van der Waals surface area contributed by atoms with Crippen molar-refractivity contribution in [3.05, 3.63) is 18.2 Å². The van der Waals surface area contributed by atoms with Crippen molar-refractivity contribution in [1.82, 2.24) is 0 Å². The molecular formula is C13H17NO3. The quantitative estimate of drug-likeness (QED) is 0.802. The second-order valence-electron chi connectivity index (χ2n) is 4.55. The van der Waals surface area contributed by atoms with Crippen LogP contribution in [0.25, 0.3) is 0 Å². The monoisotopic (exact) mass is 235 g/mol. The van der Waals surface area contributed by atoms with Gasteiger partial charge in [-0.1, -0.05) is 0 Å². The molecule has 3 rings (SSSR count). The molecule has 0 saturated carbocycles. The van der Waals surface area contributed by atoms with Crippen LogP contribution in [0.15, 0.2) is 18.2 Å². The summed E-state index contributed by atoms with van der Waals surface area (Å²) in [6, 6.07) is 6.05. The first kappa shape index (κ1) is 10.7. The fourth-order valence-electron chi connectivity index (χ4n) is 2.32. The zero-order valence-electron chi connectivity index (χ0n) is 10.0. The van der Waals surface area contributed by atoms with Crippen LogP contribution in [-0.2, 0) is 4.74 Å². The van der Waals surface area contributed by atoms with Crippen LogP contribution in [0.5, 0.6) is 11.5 Å². The summed E-state index contributed by atoms with van der Waals surface area (Å²) in [4.78, 5) is 2.21. The second-order valence-corrected chi connectivity index (χ2v) is 4.55. The van der Waals surface area contributed by atoms with Crippen LogP contribution in [0.1, 0.15) is 12.8 Å². The third-order valence-electron chi connectivity index (χ3n) is 3.30. The highest BCUT2D eigenvalue weighted by molar-refractivity contribution is 5.56. The Balaban J connectivity index is 1.70. The van der Waals surface area contributed by atoms with E-state index in [1.54, 1.807) is 0 Å². The molecule has 4 nitrogen and oxygen atoms in total. The van der Waals surface area contributed by atoms with Crippen LogP contribution >= 0.6 is 0 Å². The summed E-state index contributed by atoms with van der Waals surface area (Å²) in [6.07, 6.45) is 2.71. The number of anilines is 1. The minimum atomic E-state index is 0.328. The van der Waals surface area contributed by atoms with Gasteiger partial charge < -0.3 is 19.1 Å². The highest BCUT2D eigenvalue weighted by Gasteiger charge is 2.19. The van der Waals surface area contributed by atoms with Crippen molar-refractivity contribution in [2.75, 3.05) is 31.9 Å². The van der Waals surface area contributed by atoms with Crippen LogP contribution in [0.4, 0.5) is 5.69 Å². The molecule has 2 aliphatic heterocycles. The predicted molar refractivity (Wildman–Crippen MR) is 64.8 cm³/mol. The smallest absolute Gasteiger partial charge is 0.231 e. The molecule has 0 radical (unpaired) electrons. The van der Waals surface area contributed by atoms with Crippen molar-refractivity contribution in [1.29, 1.82) is 0 Å². The van der Waals surface area contributed by atoms with E-state index in [2.05, 4.69) is 18.0 Å². The molecule has 2 heterocycles. The molecule has 0 bridgehead atoms. The number of likely N-dealkylation sites (N-methyl/N-ethyl adjacent to an activating group) is 1. The first-order chi connectivity index (χ1) is 8.33. The fourth-order valence-corrected chi connectivity index (χ4v) is 2.32. The second kappa shape index (κ2) is 4.45. The fraction of sp³-hybridized carbons (Fsp3) is 0.538. The predicted octanol–water partition coefficient (Wildman–Crippen LogP) is 2.03. The van der Waals surface area contributed by atoms with Gasteiger partial charge in [-0.15, -0.1) is 0 Å². The molecule has 0 N–H and O–H groups in total. The van der Waals surface area contributed by atoms with Crippen LogP contribution < -0.4 is 14.4 Å². The standard InChI is InChI=1S/C13H17NO3/c1-14(8-11-3-2-6-15-11)10-4-5-12-13(7-10)17-9-16-12/h4-5,7,11H,2-3,6,8-9H2,1H3. The van der Waals surface area contributed by atoms with E-state index in [1.165, 1.54) is 6.42 Å². The van der Waals surface area contributed by atoms with Gasteiger partial charge in [0.15, 0.2) is 11.5 Å². The number of hydrogen-bond donors (Lipinski definition) is 0. The van der Waals surface area contributed by atoms with E-state index >= 15 is 0 Å². The summed E-state index contributed by atoms with van der Waals surface area (Å²) in [5.74, 6) is 1.67. The van der Waals surface area contributed by atoms with Crippen molar-refractivity contribution in [3.8, 4) is 11.5 Å². The maximum atomic E-state index is 5.64. The average molecular weight is 235 g/mol. The number of benzene rings is 1. The summed E-state index contributed by atoms with van der Waals surface area (Å²) in [5.41, 5.74) is 1.14. The maximum absolute atomic E-state index is 5.64. The highest BCUT2D eigenvalue weighted by Crippen LogP contribution is 2.35. The Bertz CT molecular complexity index is 402. The van der Waals surface area contributed by atoms with E-state index in [0.717, 1.165) is 36.8 Å². The SMILES string of the molecule is CN(CC1CCCO1)c1ccc2c(c1)OCO2. The molecule has 1 unspecified atom stereocenters. The van der Waals surface area contributed by atoms with Crippen molar-refractivity contribution >= 4 is 5.69 Å². The molecule has 0 amide bonds. The van der Waals surface area contributed by atoms with Crippen LogP contribution in [0.2, 0.25) is 0 Å². The van der Waals surface area contributed by atoms with Crippen LogP contribution in [0, 0.1) is 0 Å². The van der Waals surface area contributed by atoms with Gasteiger partial charge in [-0.3, -0.25) is 0 Å². The summed E-state index contributed by atoms with van der Waals surface area (Å²) in [7, 11) is 2.08. The first-order valence-corrected chi connectivity index (χ1v) is 6.05. The highest BCUT2D eigenvalue weighted by atomic mass is 16.7. The molecule has 4 heteroatoms. The molecule has 1 fully saturated rings. The number of rotatable bonds is 3. The maximum Gasteiger partial charge on any atom is 0.231 e. The van der Waals surface area contributed by atoms with Gasteiger partial charge in [0.25, 0.3) is 0 Å². The molecule has 1 aromatic rings. The van der Waals surface area contributed by atoms with Gasteiger partial charge in [0.05, 0.1) is 6.10 Å². The molecule has 1 aromatic carbocycles. The van der Waals surface area contributed by atoms with Crippen molar-refractivity contribution < 1.29 is 14.2 Å². The summed E-state index contributed by atoms with van der Waals surface area (Å²) >= 11 is 0. The largest absolute Gasteiger partial charge is 0.454 e. The Kier molecular flexibility index (Phi) is 2.81. The minimum Gasteiger partial charge on any atom is -0.454 e. The topological polar surface area (TPSA) is 30.9 Å². The average Bonchev–Trinajstić information content (AvgIpc) is 2.97. The zero-order valence-corrected chi connectivity index (χ0v) is 10.0. The minimum absolute atomic E-state index is 0.328. The lowest BCUT2D eigenvalue weighted by Crippen LogP contribution is -2.28. The molecule has 1 atom stereocenters. The van der Waals surface area contributed by atoms with Gasteiger partial charge in [0.1, 0.15) is 0 Å². The van der Waals surface area contributed by atoms with Gasteiger partial charge >= 0.3 is 0 Å². The molecule has 2 aliphatic rings. The lowest BCUT2D eigenvalue weighted by Gasteiger charge is -2.22. The molecule has 0 spiro atoms. The van der Waals surface area contributed by atoms with Gasteiger partial charge in [0, 0.05) is 32.0 Å². The molecular weight excluding hydrogens is 218 g/mol. The zero-order chi connectivity index (χ0) is 11.7. The lowest BCUT2D eigenvalue weighted by molar-refractivity contribution is 0.116. The Labute approximate surface area is 101 Å². The van der Waals surface area contributed by atoms with Gasteiger partial charge in [-0.25, -0.2) is 0 Å². The van der Waals surface area contributed by atoms with E-state index < -0.39 is 0 Å². The summed E-state index contributed by atoms with van der Waals surface area (Å²) in [6.45, 7) is 2.16. The molecule has 17 heavy (non-hydrogen) atoms. The Hall–Kier alpha value is -1.42. The van der Waals surface area contributed by atoms with E-state index in [9.17, 15) is 0 Å². The first-order valence-electron chi connectivity index (χ1n) is 6.05. The number of nitrogens with zero attached hydrogens (tertiary/aromatic N) is 1. The summed E-state index contributed by atoms with van der Waals surface area (Å²) in [5, 5.41) is 0. The van der Waals surface area contributed by atoms with Gasteiger partial charge in [-0.2, -0.15) is 0 Å². The van der Waals surface area contributed by atoms with Gasteiger partial charge in [-0.05, 0) is 25.0 Å². The van der Waals surface area contributed by atoms with E-state index in [0.29, 0.717) is 12.9 Å². The number of fused-ring (bicyclic) bond motifs is 1. The molecule has 92 valence electrons. The van der Waals surface area contributed by atoms with Crippen molar-refractivity contribution in [2.24, 2.45) is 0 Å². The Morgan fingerprint density at radius 1 is 1.29 bits per heavy atom. The molecule has 1 saturated heterocycles. The molecule has 0 aromatic heterocycles. The van der Waals surface area contributed by atoms with Gasteiger partial charge in [0.2, 0.25) is 6.79 Å². The van der Waals surface area contributed by atoms with E-state index in [1.807, 2.05) is 12.1 Å². The normalized spacial score (nSPS) is 21.8. The number of ether oxygens (including phenoxy) is 3. The van der Waals surface area contributed by atoms with Crippen molar-refractivity contribution in [3.63, 3.8) is 0 Å². The van der Waals surface area contributed by atoms with Crippen molar-refractivity contribution in [2.45, 2.75) is 18.9 Å². The molecule has 0 aliphatic carbocycles. The summed E-state index contributed by atoms with van der Waals surface area (Å²) < 4.78 is 16.3.